The van der Waals surface area contributed by atoms with Crippen LogP contribution in [0.2, 0.25) is 0 Å². The van der Waals surface area contributed by atoms with Crippen LogP contribution in [0.4, 0.5) is 5.69 Å². The fourth-order valence-electron chi connectivity index (χ4n) is 3.09. The van der Waals surface area contributed by atoms with Crippen molar-refractivity contribution in [3.63, 3.8) is 0 Å². The van der Waals surface area contributed by atoms with Gasteiger partial charge in [0, 0.05) is 46.0 Å². The number of nitrogen functional groups attached to an aromatic ring is 1. The van der Waals surface area contributed by atoms with Crippen LogP contribution in [0.3, 0.4) is 0 Å². The topological polar surface area (TPSA) is 53.7 Å². The number of hydrogen-bond acceptors (Lipinski definition) is 6. The van der Waals surface area contributed by atoms with Gasteiger partial charge in [0.25, 0.3) is 0 Å². The molecule has 2 aromatic rings. The van der Waals surface area contributed by atoms with Crippen molar-refractivity contribution in [1.82, 2.24) is 14.2 Å². The van der Waals surface area contributed by atoms with Crippen molar-refractivity contribution in [2.24, 2.45) is 0 Å². The van der Waals surface area contributed by atoms with Crippen LogP contribution in [0.1, 0.15) is 11.1 Å². The first kappa shape index (κ1) is 20.0. The number of ether oxygens (including phenoxy) is 1. The van der Waals surface area contributed by atoms with Crippen molar-refractivity contribution >= 4 is 25.1 Å². The highest BCUT2D eigenvalue weighted by atomic mass is 31.2. The van der Waals surface area contributed by atoms with E-state index in [1.54, 1.807) is 0 Å². The van der Waals surface area contributed by atoms with Gasteiger partial charge in [-0.1, -0.05) is 12.6 Å². The fourth-order valence-corrected chi connectivity index (χ4v) is 5.56. The van der Waals surface area contributed by atoms with Gasteiger partial charge in [-0.05, 0) is 53.8 Å². The molecule has 0 bridgehead atoms. The molecule has 6 nitrogen and oxygen atoms in total. The monoisotopic (exact) mass is 412 g/mol. The third-order valence-electron chi connectivity index (χ3n) is 5.20. The highest BCUT2D eigenvalue weighted by Crippen LogP contribution is 2.61. The molecule has 0 aromatic heterocycles. The van der Waals surface area contributed by atoms with Gasteiger partial charge < -0.3 is 19.9 Å². The zero-order chi connectivity index (χ0) is 20.6. The maximum atomic E-state index is 6.31. The Hall–Kier alpha value is -2.24. The molecular weight excluding hydrogens is 383 g/mol. The van der Waals surface area contributed by atoms with E-state index >= 15 is 0 Å². The van der Waals surface area contributed by atoms with Gasteiger partial charge in [0.2, 0.25) is 0 Å². The summed E-state index contributed by atoms with van der Waals surface area (Å²) in [6, 6.07) is 13.7. The predicted molar refractivity (Wildman–Crippen MR) is 122 cm³/mol. The minimum absolute atomic E-state index is 0.502. The normalized spacial score (nSPS) is 16.5. The van der Waals surface area contributed by atoms with Gasteiger partial charge in [0.05, 0.1) is 12.3 Å². The van der Waals surface area contributed by atoms with Gasteiger partial charge in [-0.25, -0.2) is 9.34 Å². The van der Waals surface area contributed by atoms with Gasteiger partial charge in [0.1, 0.15) is 13.2 Å². The smallest absolute Gasteiger partial charge is 0.150 e. The van der Waals surface area contributed by atoms with E-state index < -0.39 is 7.41 Å². The van der Waals surface area contributed by atoms with Gasteiger partial charge in [-0.2, -0.15) is 0 Å². The Kier molecular flexibility index (Phi) is 5.45. The highest BCUT2D eigenvalue weighted by molar-refractivity contribution is 7.65. The SMILES string of the molecule is C=C(c1ccc(Oc2cc(COP(=C)(N3CC3)N3CC3)ccc2N)cc1)N(C)C. The van der Waals surface area contributed by atoms with Crippen molar-refractivity contribution in [1.29, 1.82) is 0 Å². The van der Waals surface area contributed by atoms with Gasteiger partial charge in [0.15, 0.2) is 5.75 Å². The summed E-state index contributed by atoms with van der Waals surface area (Å²) in [6.07, 6.45) is 4.43. The molecule has 0 aliphatic carbocycles. The summed E-state index contributed by atoms with van der Waals surface area (Å²) in [7, 11) is 2.11. The highest BCUT2D eigenvalue weighted by Gasteiger charge is 2.42. The lowest BCUT2D eigenvalue weighted by Gasteiger charge is -2.27. The van der Waals surface area contributed by atoms with Crippen LogP contribution < -0.4 is 10.5 Å². The largest absolute Gasteiger partial charge is 0.455 e. The van der Waals surface area contributed by atoms with Crippen LogP contribution in [0.25, 0.3) is 5.70 Å². The summed E-state index contributed by atoms with van der Waals surface area (Å²) in [6.45, 7) is 8.92. The Morgan fingerprint density at radius 3 is 2.24 bits per heavy atom. The van der Waals surface area contributed by atoms with Crippen molar-refractivity contribution < 1.29 is 9.26 Å². The second-order valence-corrected chi connectivity index (χ2v) is 10.4. The molecule has 0 spiro atoms. The summed E-state index contributed by atoms with van der Waals surface area (Å²) in [5, 5.41) is 0. The third kappa shape index (κ3) is 4.51. The maximum Gasteiger partial charge on any atom is 0.150 e. The van der Waals surface area contributed by atoms with E-state index in [-0.39, 0.29) is 0 Å². The molecule has 4 rings (SSSR count). The molecule has 2 fully saturated rings. The van der Waals surface area contributed by atoms with E-state index in [2.05, 4.69) is 22.2 Å². The van der Waals surface area contributed by atoms with E-state index in [9.17, 15) is 0 Å². The fraction of sp³-hybridized carbons (Fsp3) is 0.318. The van der Waals surface area contributed by atoms with Crippen LogP contribution in [-0.2, 0) is 11.1 Å². The summed E-state index contributed by atoms with van der Waals surface area (Å²) in [5.74, 6) is 1.37. The van der Waals surface area contributed by atoms with E-state index in [1.807, 2.05) is 61.5 Å². The lowest BCUT2D eigenvalue weighted by Crippen LogP contribution is -2.08. The summed E-state index contributed by atoms with van der Waals surface area (Å²) < 4.78 is 17.0. The zero-order valence-corrected chi connectivity index (χ0v) is 18.1. The van der Waals surface area contributed by atoms with E-state index in [0.29, 0.717) is 18.0 Å². The molecule has 0 unspecified atom stereocenters. The van der Waals surface area contributed by atoms with E-state index in [1.165, 1.54) is 0 Å². The molecule has 2 heterocycles. The number of anilines is 1. The van der Waals surface area contributed by atoms with Crippen molar-refractivity contribution in [2.45, 2.75) is 6.61 Å². The van der Waals surface area contributed by atoms with Crippen molar-refractivity contribution in [3.05, 3.63) is 60.2 Å². The molecule has 2 aliphatic heterocycles. The number of hydrogen-bond donors (Lipinski definition) is 1. The molecule has 2 saturated heterocycles. The Bertz CT molecular complexity index is 934. The Morgan fingerprint density at radius 1 is 1.07 bits per heavy atom. The third-order valence-corrected chi connectivity index (χ3v) is 8.31. The van der Waals surface area contributed by atoms with Gasteiger partial charge >= 0.3 is 0 Å². The van der Waals surface area contributed by atoms with Crippen LogP contribution in [0.5, 0.6) is 11.5 Å². The first-order chi connectivity index (χ1) is 13.9. The van der Waals surface area contributed by atoms with Crippen LogP contribution >= 0.6 is 7.41 Å². The lowest BCUT2D eigenvalue weighted by atomic mass is 10.1. The number of benzene rings is 2. The minimum Gasteiger partial charge on any atom is -0.455 e. The molecule has 2 N–H and O–H groups in total. The Labute approximate surface area is 173 Å². The molecule has 154 valence electrons. The molecule has 0 radical (unpaired) electrons. The number of nitrogens with zero attached hydrogens (tertiary/aromatic N) is 3. The molecule has 2 aromatic carbocycles. The molecule has 0 atom stereocenters. The average Bonchev–Trinajstić information content (AvgIpc) is 3.59. The second kappa shape index (κ2) is 7.88. The molecule has 0 saturated carbocycles. The Balaban J connectivity index is 1.44. The molecule has 2 aliphatic rings. The maximum absolute atomic E-state index is 6.31. The van der Waals surface area contributed by atoms with E-state index in [0.717, 1.165) is 48.8 Å². The first-order valence-electron chi connectivity index (χ1n) is 9.78. The van der Waals surface area contributed by atoms with Crippen LogP contribution in [0, 0.1) is 0 Å². The predicted octanol–water partition coefficient (Wildman–Crippen LogP) is 3.94. The molecule has 7 heteroatoms. The molecule has 29 heavy (non-hydrogen) atoms. The lowest BCUT2D eigenvalue weighted by molar-refractivity contribution is 0.307. The number of nitrogens with two attached hydrogens (primary N) is 1. The standard InChI is InChI=1S/C22H29N4O2P/c1-17(24(2)3)19-6-8-20(9-7-19)28-22-15-18(5-10-21(22)23)16-27-29(4,25-11-12-25)26-13-14-26/h5-10,15H,1,4,11-14,16,23H2,2-3H3. The van der Waals surface area contributed by atoms with E-state index in [4.69, 9.17) is 15.0 Å². The number of rotatable bonds is 9. The first-order valence-corrected chi connectivity index (χ1v) is 11.6. The van der Waals surface area contributed by atoms with Crippen LogP contribution in [0.15, 0.2) is 49.0 Å². The zero-order valence-electron chi connectivity index (χ0n) is 17.2. The quantitative estimate of drug-likeness (QED) is 0.383. The molecule has 0 amide bonds. The summed E-state index contributed by atoms with van der Waals surface area (Å²) >= 11 is 0. The summed E-state index contributed by atoms with van der Waals surface area (Å²) in [4.78, 5) is 1.99. The Morgan fingerprint density at radius 2 is 1.69 bits per heavy atom. The van der Waals surface area contributed by atoms with Crippen LogP contribution in [-0.4, -0.2) is 60.8 Å². The van der Waals surface area contributed by atoms with Crippen molar-refractivity contribution in [3.8, 4) is 11.5 Å². The second-order valence-electron chi connectivity index (χ2n) is 7.69. The van der Waals surface area contributed by atoms with Crippen molar-refractivity contribution in [2.75, 3.05) is 46.0 Å². The average molecular weight is 412 g/mol. The van der Waals surface area contributed by atoms with Gasteiger partial charge in [-0.15, -0.1) is 0 Å². The van der Waals surface area contributed by atoms with Gasteiger partial charge in [-0.3, -0.25) is 0 Å². The summed E-state index contributed by atoms with van der Waals surface area (Å²) in [5.41, 5.74) is 9.78. The minimum atomic E-state index is -1.84. The molecular formula is C22H29N4O2P.